The van der Waals surface area contributed by atoms with Gasteiger partial charge >= 0.3 is 6.18 Å². The number of hydrogen-bond acceptors (Lipinski definition) is 4. The van der Waals surface area contributed by atoms with Crippen molar-refractivity contribution in [1.29, 1.82) is 0 Å². The van der Waals surface area contributed by atoms with E-state index in [2.05, 4.69) is 15.4 Å². The predicted molar refractivity (Wildman–Crippen MR) is 82.2 cm³/mol. The lowest BCUT2D eigenvalue weighted by atomic mass is 9.93. The van der Waals surface area contributed by atoms with Crippen LogP contribution in [0.3, 0.4) is 0 Å². The molecule has 25 heavy (non-hydrogen) atoms. The molecule has 134 valence electrons. The number of nitrogens with one attached hydrogen (secondary N) is 1. The van der Waals surface area contributed by atoms with Crippen LogP contribution < -0.4 is 10.1 Å². The molecule has 0 saturated carbocycles. The Morgan fingerprint density at radius 3 is 3.00 bits per heavy atom. The predicted octanol–water partition coefficient (Wildman–Crippen LogP) is 2.66. The van der Waals surface area contributed by atoms with Gasteiger partial charge < -0.3 is 10.1 Å². The van der Waals surface area contributed by atoms with Gasteiger partial charge in [-0.25, -0.2) is 4.98 Å². The third-order valence-electron chi connectivity index (χ3n) is 3.99. The van der Waals surface area contributed by atoms with E-state index in [0.717, 1.165) is 16.7 Å². The number of ether oxygens (including phenoxy) is 1. The summed E-state index contributed by atoms with van der Waals surface area (Å²) in [6, 6.07) is 2.75. The van der Waals surface area contributed by atoms with Gasteiger partial charge in [0.15, 0.2) is 0 Å². The molecule has 6 nitrogen and oxygen atoms in total. The van der Waals surface area contributed by atoms with Gasteiger partial charge in [0.1, 0.15) is 12.1 Å². The first-order valence-electron chi connectivity index (χ1n) is 7.80. The summed E-state index contributed by atoms with van der Waals surface area (Å²) in [7, 11) is 1.41. The number of nitrogens with zero attached hydrogens (tertiary/aromatic N) is 3. The molecule has 3 rings (SSSR count). The van der Waals surface area contributed by atoms with E-state index in [1.54, 1.807) is 12.1 Å². The second-order valence-corrected chi connectivity index (χ2v) is 5.83. The molecular formula is C16H17F3N4O2. The van der Waals surface area contributed by atoms with Crippen molar-refractivity contribution in [3.63, 3.8) is 0 Å². The zero-order valence-electron chi connectivity index (χ0n) is 13.5. The van der Waals surface area contributed by atoms with E-state index in [1.807, 2.05) is 0 Å². The Morgan fingerprint density at radius 1 is 1.48 bits per heavy atom. The fourth-order valence-electron chi connectivity index (χ4n) is 2.96. The number of aryl methyl sites for hydroxylation is 1. The van der Waals surface area contributed by atoms with Crippen molar-refractivity contribution in [3.8, 4) is 5.88 Å². The van der Waals surface area contributed by atoms with Crippen LogP contribution in [0.5, 0.6) is 5.88 Å². The van der Waals surface area contributed by atoms with E-state index in [4.69, 9.17) is 4.74 Å². The molecule has 0 fully saturated rings. The maximum atomic E-state index is 12.6. The van der Waals surface area contributed by atoms with Gasteiger partial charge in [-0.1, -0.05) is 0 Å². The van der Waals surface area contributed by atoms with Crippen LogP contribution in [0, 0.1) is 0 Å². The number of halogens is 3. The number of hydrogen-bond donors (Lipinski definition) is 1. The summed E-state index contributed by atoms with van der Waals surface area (Å²) in [4.78, 5) is 16.5. The molecule has 0 aromatic carbocycles. The number of alkyl halides is 3. The Kier molecular flexibility index (Phi) is 4.65. The molecule has 0 unspecified atom stereocenters. The van der Waals surface area contributed by atoms with Gasteiger partial charge in [0, 0.05) is 12.4 Å². The fraction of sp³-hybridized carbons (Fsp3) is 0.438. The first kappa shape index (κ1) is 17.2. The standard InChI is InChI=1S/C16H17F3N4O2/c1-25-15-11(5-3-7-20-15)14(24)21-12-6-2-4-10-8-23(22-13(10)12)9-16(17,18)19/h3,5,7-8,12H,2,4,6,9H2,1H3,(H,21,24)/t12-/m0/s1. The molecule has 0 bridgehead atoms. The minimum atomic E-state index is -4.34. The van der Waals surface area contributed by atoms with Crippen LogP contribution in [0.4, 0.5) is 13.2 Å². The smallest absolute Gasteiger partial charge is 0.408 e. The monoisotopic (exact) mass is 354 g/mol. The zero-order chi connectivity index (χ0) is 18.0. The van der Waals surface area contributed by atoms with Gasteiger partial charge in [0.25, 0.3) is 5.91 Å². The van der Waals surface area contributed by atoms with Crippen molar-refractivity contribution >= 4 is 5.91 Å². The maximum absolute atomic E-state index is 12.6. The van der Waals surface area contributed by atoms with E-state index in [1.165, 1.54) is 19.5 Å². The average molecular weight is 354 g/mol. The Bertz CT molecular complexity index is 773. The molecule has 0 spiro atoms. The van der Waals surface area contributed by atoms with Crippen molar-refractivity contribution in [1.82, 2.24) is 20.1 Å². The highest BCUT2D eigenvalue weighted by Crippen LogP contribution is 2.30. The van der Waals surface area contributed by atoms with E-state index in [9.17, 15) is 18.0 Å². The number of pyridine rings is 1. The lowest BCUT2D eigenvalue weighted by Crippen LogP contribution is -2.31. The Morgan fingerprint density at radius 2 is 2.28 bits per heavy atom. The quantitative estimate of drug-likeness (QED) is 0.917. The van der Waals surface area contributed by atoms with Gasteiger partial charge in [-0.3, -0.25) is 9.48 Å². The van der Waals surface area contributed by atoms with E-state index < -0.39 is 24.7 Å². The first-order valence-corrected chi connectivity index (χ1v) is 7.80. The number of aromatic nitrogens is 3. The molecule has 9 heteroatoms. The number of carbonyl (C=O) groups is 1. The summed E-state index contributed by atoms with van der Waals surface area (Å²) >= 11 is 0. The van der Waals surface area contributed by atoms with Gasteiger partial charge in [-0.15, -0.1) is 0 Å². The number of methoxy groups -OCH3 is 1. The molecule has 0 radical (unpaired) electrons. The lowest BCUT2D eigenvalue weighted by Gasteiger charge is -2.22. The number of carbonyl (C=O) groups excluding carboxylic acids is 1. The molecule has 1 amide bonds. The SMILES string of the molecule is COc1ncccc1C(=O)N[C@H]1CCCc2cn(CC(F)(F)F)nc21. The van der Waals surface area contributed by atoms with Crippen molar-refractivity contribution in [3.05, 3.63) is 41.3 Å². The molecule has 1 aliphatic rings. The molecule has 2 aromatic rings. The minimum Gasteiger partial charge on any atom is -0.480 e. The number of rotatable bonds is 4. The molecule has 0 aliphatic heterocycles. The highest BCUT2D eigenvalue weighted by molar-refractivity contribution is 5.96. The van der Waals surface area contributed by atoms with Crippen LogP contribution in [-0.4, -0.2) is 34.0 Å². The van der Waals surface area contributed by atoms with E-state index in [-0.39, 0.29) is 11.4 Å². The maximum Gasteiger partial charge on any atom is 0.408 e. The van der Waals surface area contributed by atoms with Gasteiger partial charge in [-0.2, -0.15) is 18.3 Å². The molecule has 2 aromatic heterocycles. The summed E-state index contributed by atoms with van der Waals surface area (Å²) in [5.41, 5.74) is 1.50. The van der Waals surface area contributed by atoms with Gasteiger partial charge in [0.05, 0.1) is 18.8 Å². The van der Waals surface area contributed by atoms with Crippen LogP contribution >= 0.6 is 0 Å². The largest absolute Gasteiger partial charge is 0.480 e. The summed E-state index contributed by atoms with van der Waals surface area (Å²) in [6.07, 6.45) is 0.606. The number of fused-ring (bicyclic) bond motifs is 1. The van der Waals surface area contributed by atoms with Crippen molar-refractivity contribution in [2.45, 2.75) is 38.0 Å². The third kappa shape index (κ3) is 3.92. The normalized spacial score (nSPS) is 17.0. The van der Waals surface area contributed by atoms with Crippen molar-refractivity contribution in [2.75, 3.05) is 7.11 Å². The summed E-state index contributed by atoms with van der Waals surface area (Å²) in [5.74, 6) is -0.202. The molecule has 1 aliphatic carbocycles. The average Bonchev–Trinajstić information content (AvgIpc) is 2.96. The Hall–Kier alpha value is -2.58. The van der Waals surface area contributed by atoms with Crippen LogP contribution in [0.25, 0.3) is 0 Å². The van der Waals surface area contributed by atoms with Crippen LogP contribution in [0.2, 0.25) is 0 Å². The van der Waals surface area contributed by atoms with Gasteiger partial charge in [0.2, 0.25) is 5.88 Å². The molecule has 1 atom stereocenters. The molecular weight excluding hydrogens is 337 g/mol. The molecule has 2 heterocycles. The Balaban J connectivity index is 1.80. The fourth-order valence-corrected chi connectivity index (χ4v) is 2.96. The van der Waals surface area contributed by atoms with Crippen LogP contribution in [-0.2, 0) is 13.0 Å². The second kappa shape index (κ2) is 6.73. The second-order valence-electron chi connectivity index (χ2n) is 5.83. The zero-order valence-corrected chi connectivity index (χ0v) is 13.5. The van der Waals surface area contributed by atoms with Crippen molar-refractivity contribution < 1.29 is 22.7 Å². The molecule has 0 saturated heterocycles. The first-order chi connectivity index (χ1) is 11.9. The minimum absolute atomic E-state index is 0.193. The summed E-state index contributed by atoms with van der Waals surface area (Å²) in [6.45, 7) is -1.14. The van der Waals surface area contributed by atoms with E-state index >= 15 is 0 Å². The van der Waals surface area contributed by atoms with Crippen LogP contribution in [0.15, 0.2) is 24.5 Å². The lowest BCUT2D eigenvalue weighted by molar-refractivity contribution is -0.142. The van der Waals surface area contributed by atoms with E-state index in [0.29, 0.717) is 18.5 Å². The third-order valence-corrected chi connectivity index (χ3v) is 3.99. The molecule has 1 N–H and O–H groups in total. The topological polar surface area (TPSA) is 69.0 Å². The van der Waals surface area contributed by atoms with Crippen LogP contribution in [0.1, 0.15) is 40.5 Å². The van der Waals surface area contributed by atoms with Crippen molar-refractivity contribution in [2.24, 2.45) is 0 Å². The van der Waals surface area contributed by atoms with Gasteiger partial charge in [-0.05, 0) is 37.0 Å². The summed E-state index contributed by atoms with van der Waals surface area (Å²) < 4.78 is 43.7. The highest BCUT2D eigenvalue weighted by Gasteiger charge is 2.31. The Labute approximate surface area is 142 Å². The highest BCUT2D eigenvalue weighted by atomic mass is 19.4. The number of amides is 1. The summed E-state index contributed by atoms with van der Waals surface area (Å²) in [5, 5.41) is 6.87.